The van der Waals surface area contributed by atoms with Gasteiger partial charge in [0.05, 0.1) is 4.90 Å². The minimum atomic E-state index is -4.42. The number of aryl methyl sites for hydroxylation is 1. The van der Waals surface area contributed by atoms with Crippen LogP contribution in [0.4, 0.5) is 0 Å². The van der Waals surface area contributed by atoms with Gasteiger partial charge < -0.3 is 5.11 Å². The Bertz CT molecular complexity index is 558. The summed E-state index contributed by atoms with van der Waals surface area (Å²) in [6, 6.07) is 4.31. The molecule has 0 bridgehead atoms. The van der Waals surface area contributed by atoms with Crippen molar-refractivity contribution in [1.29, 1.82) is 0 Å². The molecule has 24 heavy (non-hydrogen) atoms. The number of unbranched alkanes of at least 4 members (excludes halogenated alkanes) is 9. The molecule has 0 radical (unpaired) electrons. The Morgan fingerprint density at radius 3 is 1.92 bits per heavy atom. The molecule has 0 aromatic heterocycles. The minimum absolute atomic E-state index is 0. The quantitative estimate of drug-likeness (QED) is 0.346. The fraction of sp³-hybridized carbons (Fsp3) is 0.667. The van der Waals surface area contributed by atoms with Gasteiger partial charge in [-0.25, -0.2) is 0 Å². The van der Waals surface area contributed by atoms with Crippen LogP contribution in [-0.2, 0) is 16.5 Å². The topological polar surface area (TPSA) is 77.4 Å². The van der Waals surface area contributed by atoms with Gasteiger partial charge in [-0.05, 0) is 18.9 Å². The van der Waals surface area contributed by atoms with Crippen LogP contribution in [0.1, 0.15) is 76.7 Å². The van der Waals surface area contributed by atoms with Gasteiger partial charge in [0, 0.05) is 0 Å². The third kappa shape index (κ3) is 9.42. The second-order valence-electron chi connectivity index (χ2n) is 6.15. The standard InChI is InChI=1S/C18H30O4S.Na/c1-2-3-4-5-6-7-8-9-10-11-13-16-14-12-15-17(18(16)19)23(20,21)22;/h12,14-15,19H,2-11,13H2,1H3,(H,20,21,22);/q;+1/p-1. The SMILES string of the molecule is CCCCCCCCCCCCc1cccc(S(=O)(=O)O)c1[O-].[Na+]. The van der Waals surface area contributed by atoms with E-state index >= 15 is 0 Å². The Kier molecular flexibility index (Phi) is 13.1. The smallest absolute Gasteiger partial charge is 0.871 e. The monoisotopic (exact) mass is 364 g/mol. The van der Waals surface area contributed by atoms with E-state index in [9.17, 15) is 13.5 Å². The molecule has 0 amide bonds. The molecule has 1 N–H and O–H groups in total. The Hall–Kier alpha value is -0.0700. The molecule has 132 valence electrons. The average molecular weight is 364 g/mol. The molecule has 0 heterocycles. The summed E-state index contributed by atoms with van der Waals surface area (Å²) in [6.07, 6.45) is 12.7. The van der Waals surface area contributed by atoms with Crippen LogP contribution in [-0.4, -0.2) is 13.0 Å². The summed E-state index contributed by atoms with van der Waals surface area (Å²) < 4.78 is 31.2. The molecule has 0 aliphatic heterocycles. The second kappa shape index (κ2) is 13.2. The largest absolute Gasteiger partial charge is 1.00 e. The summed E-state index contributed by atoms with van der Waals surface area (Å²) in [4.78, 5) is -0.512. The van der Waals surface area contributed by atoms with Gasteiger partial charge in [0.25, 0.3) is 10.1 Å². The van der Waals surface area contributed by atoms with Crippen LogP contribution in [0.15, 0.2) is 23.1 Å². The van der Waals surface area contributed by atoms with Crippen LogP contribution in [0.25, 0.3) is 0 Å². The van der Waals surface area contributed by atoms with Gasteiger partial charge in [0.2, 0.25) is 0 Å². The first-order valence-corrected chi connectivity index (χ1v) is 10.2. The van der Waals surface area contributed by atoms with Gasteiger partial charge in [-0.1, -0.05) is 88.2 Å². The molecule has 0 saturated carbocycles. The normalized spacial score (nSPS) is 11.2. The van der Waals surface area contributed by atoms with Gasteiger partial charge >= 0.3 is 29.6 Å². The maximum Gasteiger partial charge on any atom is 1.00 e. The first kappa shape index (κ1) is 23.9. The zero-order valence-corrected chi connectivity index (χ0v) is 17.9. The number of hydrogen-bond acceptors (Lipinski definition) is 3. The maximum absolute atomic E-state index is 12.0. The van der Waals surface area contributed by atoms with Crippen molar-refractivity contribution in [2.45, 2.75) is 82.4 Å². The van der Waals surface area contributed by atoms with Crippen molar-refractivity contribution < 1.29 is 47.6 Å². The Morgan fingerprint density at radius 2 is 1.42 bits per heavy atom. The molecule has 1 aromatic rings. The molecular formula is C18H29NaO4S. The molecule has 0 fully saturated rings. The van der Waals surface area contributed by atoms with Crippen LogP contribution >= 0.6 is 0 Å². The zero-order valence-electron chi connectivity index (χ0n) is 15.1. The molecule has 0 aliphatic carbocycles. The number of benzene rings is 1. The van der Waals surface area contributed by atoms with Crippen molar-refractivity contribution in [1.82, 2.24) is 0 Å². The maximum atomic E-state index is 12.0. The average Bonchev–Trinajstić information content (AvgIpc) is 2.49. The van der Waals surface area contributed by atoms with E-state index in [0.29, 0.717) is 12.0 Å². The summed E-state index contributed by atoms with van der Waals surface area (Å²) in [5.74, 6) is -0.564. The summed E-state index contributed by atoms with van der Waals surface area (Å²) >= 11 is 0. The van der Waals surface area contributed by atoms with Crippen LogP contribution < -0.4 is 34.7 Å². The molecule has 0 aliphatic rings. The van der Waals surface area contributed by atoms with Crippen molar-refractivity contribution in [2.24, 2.45) is 0 Å². The molecular weight excluding hydrogens is 335 g/mol. The van der Waals surface area contributed by atoms with Crippen molar-refractivity contribution in [3.8, 4) is 5.75 Å². The van der Waals surface area contributed by atoms with Gasteiger partial charge in [0.1, 0.15) is 0 Å². The Labute approximate surface area is 169 Å². The first-order chi connectivity index (χ1) is 11.0. The third-order valence-corrected chi connectivity index (χ3v) is 5.02. The molecule has 1 aromatic carbocycles. The van der Waals surface area contributed by atoms with Gasteiger partial charge in [-0.2, -0.15) is 8.42 Å². The van der Waals surface area contributed by atoms with E-state index in [2.05, 4.69) is 6.92 Å². The zero-order chi connectivity index (χ0) is 17.1. The summed E-state index contributed by atoms with van der Waals surface area (Å²) in [5.41, 5.74) is 0.472. The molecule has 0 spiro atoms. The fourth-order valence-electron chi connectivity index (χ4n) is 2.76. The van der Waals surface area contributed by atoms with Crippen LogP contribution in [0.2, 0.25) is 0 Å². The van der Waals surface area contributed by atoms with Crippen molar-refractivity contribution in [2.75, 3.05) is 0 Å². The van der Waals surface area contributed by atoms with Crippen molar-refractivity contribution in [3.63, 3.8) is 0 Å². The number of rotatable bonds is 12. The molecule has 0 atom stereocenters. The van der Waals surface area contributed by atoms with E-state index in [4.69, 9.17) is 4.55 Å². The van der Waals surface area contributed by atoms with E-state index in [1.54, 1.807) is 6.07 Å². The van der Waals surface area contributed by atoms with E-state index < -0.39 is 20.8 Å². The van der Waals surface area contributed by atoms with Crippen molar-refractivity contribution in [3.05, 3.63) is 23.8 Å². The fourth-order valence-corrected chi connectivity index (χ4v) is 3.38. The predicted octanol–water partition coefficient (Wildman–Crippen LogP) is 1.47. The first-order valence-electron chi connectivity index (χ1n) is 8.73. The van der Waals surface area contributed by atoms with Crippen LogP contribution in [0.5, 0.6) is 5.75 Å². The van der Waals surface area contributed by atoms with E-state index in [0.717, 1.165) is 25.3 Å². The predicted molar refractivity (Wildman–Crippen MR) is 91.3 cm³/mol. The number of para-hydroxylation sites is 1. The molecule has 0 unspecified atom stereocenters. The van der Waals surface area contributed by atoms with Gasteiger partial charge in [0.15, 0.2) is 0 Å². The van der Waals surface area contributed by atoms with Gasteiger partial charge in [-0.3, -0.25) is 4.55 Å². The number of hydrogen-bond donors (Lipinski definition) is 1. The summed E-state index contributed by atoms with van der Waals surface area (Å²) in [7, 11) is -4.42. The molecule has 1 rings (SSSR count). The van der Waals surface area contributed by atoms with E-state index in [1.165, 1.54) is 51.0 Å². The minimum Gasteiger partial charge on any atom is -0.871 e. The molecule has 6 heteroatoms. The van der Waals surface area contributed by atoms with Crippen molar-refractivity contribution >= 4 is 10.1 Å². The van der Waals surface area contributed by atoms with Crippen LogP contribution in [0, 0.1) is 0 Å². The Balaban J connectivity index is 0.00000529. The van der Waals surface area contributed by atoms with Gasteiger partial charge in [-0.15, -0.1) is 0 Å². The molecule has 4 nitrogen and oxygen atoms in total. The summed E-state index contributed by atoms with van der Waals surface area (Å²) in [6.45, 7) is 2.22. The molecule has 0 saturated heterocycles. The Morgan fingerprint density at radius 1 is 0.917 bits per heavy atom. The van der Waals surface area contributed by atoms with Crippen LogP contribution in [0.3, 0.4) is 0 Å². The van der Waals surface area contributed by atoms with E-state index in [-0.39, 0.29) is 29.6 Å². The second-order valence-corrected chi connectivity index (χ2v) is 7.54. The third-order valence-electron chi connectivity index (χ3n) is 4.14. The van der Waals surface area contributed by atoms with E-state index in [1.807, 2.05) is 0 Å². The summed E-state index contributed by atoms with van der Waals surface area (Å²) in [5, 5.41) is 12.0.